The number of fused-ring (bicyclic) bond motifs is 1. The Bertz CT molecular complexity index is 1300. The third-order valence-electron chi connectivity index (χ3n) is 7.71. The van der Waals surface area contributed by atoms with Crippen molar-refractivity contribution in [1.29, 1.82) is 5.26 Å². The van der Waals surface area contributed by atoms with Crippen molar-refractivity contribution < 1.29 is 19.1 Å². The van der Waals surface area contributed by atoms with Crippen molar-refractivity contribution in [2.45, 2.75) is 33.1 Å². The predicted molar refractivity (Wildman–Crippen MR) is 142 cm³/mol. The Balaban J connectivity index is 1.57. The second-order valence-corrected chi connectivity index (χ2v) is 10.5. The minimum atomic E-state index is -1.15. The Morgan fingerprint density at radius 1 is 1.21 bits per heavy atom. The number of hydrogen-bond donors (Lipinski definition) is 1. The molecule has 198 valence electrons. The number of benzene rings is 2. The second-order valence-electron chi connectivity index (χ2n) is 10.5. The number of likely N-dealkylation sites (tertiary alicyclic amines) is 1. The smallest absolute Gasteiger partial charge is 0.256 e. The summed E-state index contributed by atoms with van der Waals surface area (Å²) in [6.07, 6.45) is 1.14. The molecule has 4 rings (SSSR count). The standard InChI is InChI=1S/C29H33N5O4/c1-28(2,26(31)36)23(13-15-38-22-11-7-10-21(16-22)18-30)25(35)34-14-12-24-29(19-34,27(37)33(3)32-24)17-20-8-5-4-6-9-20/h4-11,16,23H,12-15,17,19H2,1-3H3,(H2,31,36)/t23-,29+/m0/s1. The number of piperidine rings is 1. The van der Waals surface area contributed by atoms with Crippen LogP contribution in [-0.2, 0) is 20.8 Å². The number of carbonyl (C=O) groups excluding carboxylic acids is 3. The number of nitriles is 1. The molecule has 1 fully saturated rings. The van der Waals surface area contributed by atoms with Crippen LogP contribution in [0.15, 0.2) is 59.7 Å². The molecule has 0 bridgehead atoms. The zero-order chi connectivity index (χ0) is 27.5. The molecule has 2 aromatic rings. The normalized spacial score (nSPS) is 19.8. The zero-order valence-corrected chi connectivity index (χ0v) is 22.0. The average Bonchev–Trinajstić information content (AvgIpc) is 3.15. The molecule has 2 N–H and O–H groups in total. The van der Waals surface area contributed by atoms with Crippen LogP contribution in [0.3, 0.4) is 0 Å². The summed E-state index contributed by atoms with van der Waals surface area (Å²) < 4.78 is 5.84. The van der Waals surface area contributed by atoms with E-state index in [0.29, 0.717) is 30.7 Å². The predicted octanol–water partition coefficient (Wildman–Crippen LogP) is 2.74. The van der Waals surface area contributed by atoms with Crippen LogP contribution in [0, 0.1) is 28.1 Å². The van der Waals surface area contributed by atoms with Gasteiger partial charge in [-0.3, -0.25) is 14.4 Å². The van der Waals surface area contributed by atoms with Crippen LogP contribution < -0.4 is 10.5 Å². The quantitative estimate of drug-likeness (QED) is 0.549. The molecule has 2 aromatic carbocycles. The lowest BCUT2D eigenvalue weighted by atomic mass is 9.71. The van der Waals surface area contributed by atoms with Crippen LogP contribution in [0.5, 0.6) is 5.75 Å². The lowest BCUT2D eigenvalue weighted by molar-refractivity contribution is -0.149. The van der Waals surface area contributed by atoms with Gasteiger partial charge >= 0.3 is 0 Å². The van der Waals surface area contributed by atoms with Gasteiger partial charge in [-0.1, -0.05) is 50.2 Å². The van der Waals surface area contributed by atoms with Crippen LogP contribution in [0.1, 0.15) is 37.8 Å². The van der Waals surface area contributed by atoms with Gasteiger partial charge in [-0.15, -0.1) is 0 Å². The molecule has 0 saturated carbocycles. The number of amides is 3. The number of nitrogens with zero attached hydrogens (tertiary/aromatic N) is 4. The fourth-order valence-electron chi connectivity index (χ4n) is 5.35. The molecule has 0 aliphatic carbocycles. The van der Waals surface area contributed by atoms with E-state index in [1.807, 2.05) is 30.3 Å². The van der Waals surface area contributed by atoms with Crippen molar-refractivity contribution in [3.63, 3.8) is 0 Å². The summed E-state index contributed by atoms with van der Waals surface area (Å²) in [5.74, 6) is -1.22. The number of rotatable bonds is 9. The van der Waals surface area contributed by atoms with Gasteiger partial charge in [0.2, 0.25) is 11.8 Å². The summed E-state index contributed by atoms with van der Waals surface area (Å²) in [5.41, 5.74) is 5.89. The molecule has 2 atom stereocenters. The van der Waals surface area contributed by atoms with Crippen molar-refractivity contribution >= 4 is 23.4 Å². The van der Waals surface area contributed by atoms with Gasteiger partial charge in [0.25, 0.3) is 5.91 Å². The van der Waals surface area contributed by atoms with E-state index in [1.54, 1.807) is 50.1 Å². The van der Waals surface area contributed by atoms with Crippen LogP contribution in [0.4, 0.5) is 0 Å². The molecular formula is C29H33N5O4. The molecule has 2 heterocycles. The Morgan fingerprint density at radius 3 is 2.63 bits per heavy atom. The van der Waals surface area contributed by atoms with Gasteiger partial charge in [0.1, 0.15) is 11.2 Å². The first-order chi connectivity index (χ1) is 18.1. The third-order valence-corrected chi connectivity index (χ3v) is 7.71. The summed E-state index contributed by atoms with van der Waals surface area (Å²) in [7, 11) is 1.64. The third kappa shape index (κ3) is 5.12. The highest BCUT2D eigenvalue weighted by molar-refractivity contribution is 6.13. The lowest BCUT2D eigenvalue weighted by Crippen LogP contribution is -2.58. The largest absolute Gasteiger partial charge is 0.494 e. The Hall–Kier alpha value is -4.19. The minimum absolute atomic E-state index is 0.139. The van der Waals surface area contributed by atoms with E-state index in [-0.39, 0.29) is 31.4 Å². The number of carbonyl (C=O) groups is 3. The van der Waals surface area contributed by atoms with E-state index >= 15 is 0 Å². The topological polar surface area (TPSA) is 129 Å². The number of hydrazone groups is 1. The summed E-state index contributed by atoms with van der Waals surface area (Å²) in [6, 6.07) is 18.5. The molecule has 1 saturated heterocycles. The van der Waals surface area contributed by atoms with Gasteiger partial charge in [-0.05, 0) is 36.6 Å². The van der Waals surface area contributed by atoms with Crippen LogP contribution in [0.25, 0.3) is 0 Å². The fraction of sp³-hybridized carbons (Fsp3) is 0.414. The zero-order valence-electron chi connectivity index (χ0n) is 22.0. The van der Waals surface area contributed by atoms with Crippen LogP contribution >= 0.6 is 0 Å². The van der Waals surface area contributed by atoms with Gasteiger partial charge in [0.15, 0.2) is 0 Å². The van der Waals surface area contributed by atoms with Gasteiger partial charge in [0.05, 0.1) is 35.3 Å². The molecule has 0 spiro atoms. The minimum Gasteiger partial charge on any atom is -0.494 e. The lowest BCUT2D eigenvalue weighted by Gasteiger charge is -2.42. The average molecular weight is 516 g/mol. The molecular weight excluding hydrogens is 482 g/mol. The van der Waals surface area contributed by atoms with E-state index in [0.717, 1.165) is 11.3 Å². The maximum absolute atomic E-state index is 14.0. The summed E-state index contributed by atoms with van der Waals surface area (Å²) >= 11 is 0. The van der Waals surface area contributed by atoms with Gasteiger partial charge in [-0.2, -0.15) is 10.4 Å². The van der Waals surface area contributed by atoms with E-state index in [9.17, 15) is 14.4 Å². The van der Waals surface area contributed by atoms with Crippen molar-refractivity contribution in [3.05, 3.63) is 65.7 Å². The highest BCUT2D eigenvalue weighted by atomic mass is 16.5. The molecule has 0 radical (unpaired) electrons. The molecule has 2 aliphatic rings. The van der Waals surface area contributed by atoms with Crippen molar-refractivity contribution in [3.8, 4) is 11.8 Å². The van der Waals surface area contributed by atoms with Crippen LogP contribution in [-0.4, -0.2) is 60.1 Å². The number of hydrogen-bond acceptors (Lipinski definition) is 6. The Kier molecular flexibility index (Phi) is 7.53. The summed E-state index contributed by atoms with van der Waals surface area (Å²) in [5, 5.41) is 15.0. The molecule has 3 amide bonds. The number of nitrogens with two attached hydrogens (primary N) is 1. The fourth-order valence-corrected chi connectivity index (χ4v) is 5.35. The molecule has 0 unspecified atom stereocenters. The molecule has 0 aromatic heterocycles. The summed E-state index contributed by atoms with van der Waals surface area (Å²) in [4.78, 5) is 41.6. The molecule has 38 heavy (non-hydrogen) atoms. The number of primary amides is 1. The second kappa shape index (κ2) is 10.7. The maximum atomic E-state index is 14.0. The molecule has 9 nitrogen and oxygen atoms in total. The first kappa shape index (κ1) is 26.9. The highest BCUT2D eigenvalue weighted by Crippen LogP contribution is 2.40. The first-order valence-corrected chi connectivity index (χ1v) is 12.7. The SMILES string of the molecule is CN1N=C2CCN(C(=O)[C@H](CCOc3cccc(C#N)c3)C(C)(C)C(N)=O)C[C@@]2(Cc2ccccc2)C1=O. The van der Waals surface area contributed by atoms with Crippen molar-refractivity contribution in [1.82, 2.24) is 9.91 Å². The van der Waals surface area contributed by atoms with Crippen molar-refractivity contribution in [2.24, 2.45) is 27.6 Å². The van der Waals surface area contributed by atoms with Gasteiger partial charge in [0, 0.05) is 26.6 Å². The van der Waals surface area contributed by atoms with Gasteiger partial charge < -0.3 is 15.4 Å². The highest BCUT2D eigenvalue weighted by Gasteiger charge is 2.54. The monoisotopic (exact) mass is 515 g/mol. The molecule has 2 aliphatic heterocycles. The van der Waals surface area contributed by atoms with E-state index < -0.39 is 22.7 Å². The van der Waals surface area contributed by atoms with E-state index in [1.165, 1.54) is 5.01 Å². The Morgan fingerprint density at radius 2 is 1.95 bits per heavy atom. The van der Waals surface area contributed by atoms with Crippen LogP contribution in [0.2, 0.25) is 0 Å². The Labute approximate surface area is 222 Å². The van der Waals surface area contributed by atoms with E-state index in [4.69, 9.17) is 15.7 Å². The molecule has 9 heteroatoms. The number of ether oxygens (including phenoxy) is 1. The van der Waals surface area contributed by atoms with E-state index in [2.05, 4.69) is 11.2 Å². The first-order valence-electron chi connectivity index (χ1n) is 12.7. The maximum Gasteiger partial charge on any atom is 0.256 e. The summed E-state index contributed by atoms with van der Waals surface area (Å²) in [6.45, 7) is 4.06. The van der Waals surface area contributed by atoms with Crippen molar-refractivity contribution in [2.75, 3.05) is 26.7 Å². The van der Waals surface area contributed by atoms with Gasteiger partial charge in [-0.25, -0.2) is 5.01 Å².